The summed E-state index contributed by atoms with van der Waals surface area (Å²) in [4.78, 5) is 19.1. The molecule has 0 spiro atoms. The van der Waals surface area contributed by atoms with Gasteiger partial charge in [0.05, 0.1) is 6.54 Å². The molecule has 0 radical (unpaired) electrons. The summed E-state index contributed by atoms with van der Waals surface area (Å²) in [5.74, 6) is 1.90. The summed E-state index contributed by atoms with van der Waals surface area (Å²) in [7, 11) is 0. The van der Waals surface area contributed by atoms with E-state index in [0.29, 0.717) is 24.8 Å². The third kappa shape index (κ3) is 2.86. The van der Waals surface area contributed by atoms with Crippen molar-refractivity contribution in [2.45, 2.75) is 38.3 Å². The van der Waals surface area contributed by atoms with Crippen LogP contribution >= 0.6 is 0 Å². The smallest absolute Gasteiger partial charge is 0.242 e. The summed E-state index contributed by atoms with van der Waals surface area (Å²) >= 11 is 0. The molecule has 1 aliphatic heterocycles. The van der Waals surface area contributed by atoms with E-state index in [-0.39, 0.29) is 11.9 Å². The van der Waals surface area contributed by atoms with Gasteiger partial charge >= 0.3 is 0 Å². The van der Waals surface area contributed by atoms with Crippen LogP contribution in [0.1, 0.15) is 47.6 Å². The largest absolute Gasteiger partial charge is 0.353 e. The summed E-state index contributed by atoms with van der Waals surface area (Å²) in [6, 6.07) is 7.72. The van der Waals surface area contributed by atoms with E-state index in [1.165, 1.54) is 0 Å². The number of carbonyl (C=O) groups is 1. The van der Waals surface area contributed by atoms with Crippen molar-refractivity contribution >= 4 is 5.91 Å². The fourth-order valence-corrected chi connectivity index (χ4v) is 3.13. The van der Waals surface area contributed by atoms with Gasteiger partial charge < -0.3 is 9.84 Å². The monoisotopic (exact) mass is 312 g/mol. The average Bonchev–Trinajstić information content (AvgIpc) is 3.29. The fourth-order valence-electron chi connectivity index (χ4n) is 3.13. The van der Waals surface area contributed by atoms with Crippen LogP contribution in [0, 0.1) is 6.92 Å². The van der Waals surface area contributed by atoms with Gasteiger partial charge in [-0.3, -0.25) is 9.69 Å². The standard InChI is InChI=1S/C17H20N4O2/c1-11-4-2-3-5-13(11)15-16(22)18-8-9-21(15)10-14-19-17(23-20-14)12-6-7-12/h2-5,12,15H,6-10H2,1H3,(H,18,22)/t15-/m0/s1. The molecule has 0 bridgehead atoms. The Morgan fingerprint density at radius 2 is 2.17 bits per heavy atom. The SMILES string of the molecule is Cc1ccccc1[C@H]1C(=O)NCCN1Cc1noc(C2CC2)n1. The Balaban J connectivity index is 1.59. The second kappa shape index (κ2) is 5.77. The molecular formula is C17H20N4O2. The van der Waals surface area contributed by atoms with E-state index in [4.69, 9.17) is 4.52 Å². The molecule has 6 heteroatoms. The van der Waals surface area contributed by atoms with Gasteiger partial charge in [0, 0.05) is 19.0 Å². The molecule has 6 nitrogen and oxygen atoms in total. The zero-order chi connectivity index (χ0) is 15.8. The van der Waals surface area contributed by atoms with Gasteiger partial charge in [-0.1, -0.05) is 29.4 Å². The maximum atomic E-state index is 12.5. The second-order valence-electron chi connectivity index (χ2n) is 6.34. The Hall–Kier alpha value is -2.21. The van der Waals surface area contributed by atoms with Crippen molar-refractivity contribution < 1.29 is 9.32 Å². The van der Waals surface area contributed by atoms with Crippen LogP contribution in [0.3, 0.4) is 0 Å². The first-order valence-corrected chi connectivity index (χ1v) is 8.12. The van der Waals surface area contributed by atoms with Crippen LogP contribution in [0.25, 0.3) is 0 Å². The molecule has 2 heterocycles. The summed E-state index contributed by atoms with van der Waals surface area (Å²) in [6.07, 6.45) is 2.28. The number of nitrogens with one attached hydrogen (secondary N) is 1. The van der Waals surface area contributed by atoms with Crippen LogP contribution in [0.2, 0.25) is 0 Å². The van der Waals surface area contributed by atoms with Crippen molar-refractivity contribution in [3.05, 3.63) is 47.1 Å². The molecular weight excluding hydrogens is 292 g/mol. The highest BCUT2D eigenvalue weighted by atomic mass is 16.5. The number of rotatable bonds is 4. The minimum absolute atomic E-state index is 0.0384. The van der Waals surface area contributed by atoms with Gasteiger partial charge in [-0.25, -0.2) is 0 Å². The molecule has 1 saturated heterocycles. The zero-order valence-corrected chi connectivity index (χ0v) is 13.2. The highest BCUT2D eigenvalue weighted by molar-refractivity contribution is 5.84. The molecule has 1 atom stereocenters. The first kappa shape index (κ1) is 14.4. The molecule has 120 valence electrons. The van der Waals surface area contributed by atoms with E-state index in [1.54, 1.807) is 0 Å². The van der Waals surface area contributed by atoms with Crippen molar-refractivity contribution in [2.24, 2.45) is 0 Å². The van der Waals surface area contributed by atoms with Crippen molar-refractivity contribution in [3.63, 3.8) is 0 Å². The Bertz CT molecular complexity index is 723. The van der Waals surface area contributed by atoms with Crippen molar-refractivity contribution in [3.8, 4) is 0 Å². The summed E-state index contributed by atoms with van der Waals surface area (Å²) in [5.41, 5.74) is 2.15. The van der Waals surface area contributed by atoms with E-state index >= 15 is 0 Å². The zero-order valence-electron chi connectivity index (χ0n) is 13.2. The molecule has 4 rings (SSSR count). The van der Waals surface area contributed by atoms with Crippen LogP contribution in [0.15, 0.2) is 28.8 Å². The predicted molar refractivity (Wildman–Crippen MR) is 83.6 cm³/mol. The van der Waals surface area contributed by atoms with E-state index in [2.05, 4.69) is 20.4 Å². The van der Waals surface area contributed by atoms with Gasteiger partial charge in [0.2, 0.25) is 11.8 Å². The van der Waals surface area contributed by atoms with Crippen molar-refractivity contribution in [2.75, 3.05) is 13.1 Å². The minimum atomic E-state index is -0.298. The normalized spacial score (nSPS) is 22.1. The van der Waals surface area contributed by atoms with Crippen LogP contribution < -0.4 is 5.32 Å². The highest BCUT2D eigenvalue weighted by Crippen LogP contribution is 2.39. The van der Waals surface area contributed by atoms with Gasteiger partial charge in [-0.2, -0.15) is 4.98 Å². The number of aryl methyl sites for hydroxylation is 1. The molecule has 23 heavy (non-hydrogen) atoms. The molecule has 2 aliphatic rings. The van der Waals surface area contributed by atoms with Crippen LogP contribution in [-0.4, -0.2) is 34.0 Å². The summed E-state index contributed by atoms with van der Waals surface area (Å²) < 4.78 is 5.33. The maximum Gasteiger partial charge on any atom is 0.242 e. The van der Waals surface area contributed by atoms with Gasteiger partial charge in [0.15, 0.2) is 5.82 Å². The Labute approximate surface area is 134 Å². The number of hydrogen-bond donors (Lipinski definition) is 1. The van der Waals surface area contributed by atoms with Crippen LogP contribution in [0.4, 0.5) is 0 Å². The number of amides is 1. The van der Waals surface area contributed by atoms with Crippen LogP contribution in [0.5, 0.6) is 0 Å². The Kier molecular flexibility index (Phi) is 3.61. The molecule has 0 unspecified atom stereocenters. The fraction of sp³-hybridized carbons (Fsp3) is 0.471. The molecule has 1 N–H and O–H groups in total. The molecule has 1 amide bonds. The second-order valence-corrected chi connectivity index (χ2v) is 6.34. The number of hydrogen-bond acceptors (Lipinski definition) is 5. The maximum absolute atomic E-state index is 12.5. The summed E-state index contributed by atoms with van der Waals surface area (Å²) in [5, 5.41) is 7.05. The molecule has 1 saturated carbocycles. The topological polar surface area (TPSA) is 71.3 Å². The lowest BCUT2D eigenvalue weighted by Gasteiger charge is -2.35. The number of aromatic nitrogens is 2. The molecule has 2 fully saturated rings. The lowest BCUT2D eigenvalue weighted by molar-refractivity contribution is -0.129. The molecule has 1 aromatic carbocycles. The first-order chi connectivity index (χ1) is 11.2. The lowest BCUT2D eigenvalue weighted by Crippen LogP contribution is -2.49. The van der Waals surface area contributed by atoms with Gasteiger partial charge in [-0.15, -0.1) is 0 Å². The van der Waals surface area contributed by atoms with E-state index in [9.17, 15) is 4.79 Å². The number of nitrogens with zero attached hydrogens (tertiary/aromatic N) is 3. The minimum Gasteiger partial charge on any atom is -0.353 e. The van der Waals surface area contributed by atoms with Gasteiger partial charge in [-0.05, 0) is 30.9 Å². The van der Waals surface area contributed by atoms with Crippen molar-refractivity contribution in [1.82, 2.24) is 20.4 Å². The predicted octanol–water partition coefficient (Wildman–Crippen LogP) is 1.93. The van der Waals surface area contributed by atoms with Gasteiger partial charge in [0.1, 0.15) is 6.04 Å². The van der Waals surface area contributed by atoms with Crippen LogP contribution in [-0.2, 0) is 11.3 Å². The Morgan fingerprint density at radius 1 is 1.35 bits per heavy atom. The van der Waals surface area contributed by atoms with E-state index < -0.39 is 0 Å². The third-order valence-electron chi connectivity index (χ3n) is 4.55. The summed E-state index contributed by atoms with van der Waals surface area (Å²) in [6.45, 7) is 3.99. The van der Waals surface area contributed by atoms with E-state index in [0.717, 1.165) is 36.4 Å². The molecule has 1 aliphatic carbocycles. The number of piperazine rings is 1. The number of carbonyl (C=O) groups excluding carboxylic acids is 1. The van der Waals surface area contributed by atoms with Gasteiger partial charge in [0.25, 0.3) is 0 Å². The lowest BCUT2D eigenvalue weighted by atomic mass is 9.98. The van der Waals surface area contributed by atoms with E-state index in [1.807, 2.05) is 31.2 Å². The quantitative estimate of drug-likeness (QED) is 0.934. The highest BCUT2D eigenvalue weighted by Gasteiger charge is 2.34. The molecule has 1 aromatic heterocycles. The average molecular weight is 312 g/mol. The number of benzene rings is 1. The third-order valence-corrected chi connectivity index (χ3v) is 4.55. The van der Waals surface area contributed by atoms with Crippen molar-refractivity contribution in [1.29, 1.82) is 0 Å². The Morgan fingerprint density at radius 3 is 2.96 bits per heavy atom. The first-order valence-electron chi connectivity index (χ1n) is 8.12. The molecule has 2 aromatic rings.